The molecule has 1 aromatic heterocycles. The van der Waals surface area contributed by atoms with Gasteiger partial charge in [-0.15, -0.1) is 0 Å². The van der Waals surface area contributed by atoms with Gasteiger partial charge in [-0.25, -0.2) is 4.98 Å². The molecule has 31 heavy (non-hydrogen) atoms. The van der Waals surface area contributed by atoms with E-state index in [4.69, 9.17) is 4.74 Å². The maximum absolute atomic E-state index is 13.2. The van der Waals surface area contributed by atoms with Gasteiger partial charge in [0.1, 0.15) is 0 Å². The molecule has 0 bridgehead atoms. The number of benzene rings is 2. The number of carbonyl (C=O) groups excluding carboxylic acids is 1. The molecule has 1 aliphatic rings. The molecule has 0 aliphatic carbocycles. The van der Waals surface area contributed by atoms with Gasteiger partial charge in [-0.2, -0.15) is 18.2 Å². The fourth-order valence-electron chi connectivity index (χ4n) is 3.27. The van der Waals surface area contributed by atoms with Crippen molar-refractivity contribution in [3.63, 3.8) is 0 Å². The molecular weight excluding hydrogens is 411 g/mol. The topological polar surface area (TPSA) is 88.2 Å². The maximum Gasteiger partial charge on any atom is 0.416 e. The van der Waals surface area contributed by atoms with Crippen LogP contribution < -0.4 is 20.7 Å². The summed E-state index contributed by atoms with van der Waals surface area (Å²) >= 11 is 0. The third kappa shape index (κ3) is 4.52. The van der Waals surface area contributed by atoms with Crippen LogP contribution in [0.5, 0.6) is 5.75 Å². The summed E-state index contributed by atoms with van der Waals surface area (Å²) in [6.07, 6.45) is -2.74. The number of rotatable bonds is 6. The molecule has 0 saturated heterocycles. The van der Waals surface area contributed by atoms with Gasteiger partial charge >= 0.3 is 6.18 Å². The molecule has 160 valence electrons. The number of nitrogens with zero attached hydrogens (tertiary/aromatic N) is 2. The van der Waals surface area contributed by atoms with Crippen LogP contribution in [-0.2, 0) is 23.9 Å². The number of halogens is 3. The molecule has 3 aromatic rings. The van der Waals surface area contributed by atoms with E-state index in [0.717, 1.165) is 17.3 Å². The average molecular weight is 429 g/mol. The molecule has 3 N–H and O–H groups in total. The van der Waals surface area contributed by atoms with Crippen LogP contribution in [0, 0.1) is 0 Å². The molecule has 7 nitrogen and oxygen atoms in total. The van der Waals surface area contributed by atoms with Gasteiger partial charge in [0.25, 0.3) is 0 Å². The first-order valence-electron chi connectivity index (χ1n) is 9.33. The largest absolute Gasteiger partial charge is 0.491 e. The smallest absolute Gasteiger partial charge is 0.416 e. The van der Waals surface area contributed by atoms with Crippen LogP contribution in [0.3, 0.4) is 0 Å². The van der Waals surface area contributed by atoms with Crippen LogP contribution in [0.4, 0.5) is 36.3 Å². The highest BCUT2D eigenvalue weighted by atomic mass is 19.4. The zero-order valence-electron chi connectivity index (χ0n) is 16.4. The molecule has 2 aromatic carbocycles. The van der Waals surface area contributed by atoms with E-state index in [2.05, 4.69) is 25.9 Å². The number of fused-ring (bicyclic) bond motifs is 1. The molecule has 0 unspecified atom stereocenters. The first-order chi connectivity index (χ1) is 14.8. The number of aromatic nitrogens is 2. The number of hydrogen-bond donors (Lipinski definition) is 3. The predicted molar refractivity (Wildman–Crippen MR) is 109 cm³/mol. The van der Waals surface area contributed by atoms with E-state index in [-0.39, 0.29) is 29.8 Å². The van der Waals surface area contributed by atoms with Crippen LogP contribution in [0.15, 0.2) is 48.7 Å². The normalized spacial score (nSPS) is 12.8. The van der Waals surface area contributed by atoms with Crippen molar-refractivity contribution in [1.29, 1.82) is 0 Å². The minimum Gasteiger partial charge on any atom is -0.491 e. The van der Waals surface area contributed by atoms with E-state index in [1.807, 2.05) is 6.07 Å². The van der Waals surface area contributed by atoms with Gasteiger partial charge in [0.2, 0.25) is 11.9 Å². The van der Waals surface area contributed by atoms with Crippen molar-refractivity contribution in [1.82, 2.24) is 9.97 Å². The first kappa shape index (κ1) is 20.5. The average Bonchev–Trinajstić information content (AvgIpc) is 3.11. The summed E-state index contributed by atoms with van der Waals surface area (Å²) in [4.78, 5) is 20.0. The van der Waals surface area contributed by atoms with E-state index in [1.165, 1.54) is 25.4 Å². The van der Waals surface area contributed by atoms with Crippen LogP contribution in [0.2, 0.25) is 0 Å². The van der Waals surface area contributed by atoms with E-state index in [0.29, 0.717) is 17.9 Å². The minimum atomic E-state index is -4.45. The number of hydrogen-bond acceptors (Lipinski definition) is 6. The minimum absolute atomic E-state index is 0.0709. The molecule has 1 amide bonds. The number of nitrogens with one attached hydrogen (secondary N) is 3. The fraction of sp³-hybridized carbons (Fsp3) is 0.190. The molecule has 0 fully saturated rings. The summed E-state index contributed by atoms with van der Waals surface area (Å²) in [6.45, 7) is -0.102. The quantitative estimate of drug-likeness (QED) is 0.540. The van der Waals surface area contributed by atoms with Gasteiger partial charge in [0.05, 0.1) is 25.3 Å². The second-order valence-corrected chi connectivity index (χ2v) is 6.84. The zero-order valence-corrected chi connectivity index (χ0v) is 16.4. The lowest BCUT2D eigenvalue weighted by Crippen LogP contribution is -2.13. The van der Waals surface area contributed by atoms with E-state index < -0.39 is 11.7 Å². The van der Waals surface area contributed by atoms with Crippen molar-refractivity contribution in [2.24, 2.45) is 0 Å². The standard InChI is InChI=1S/C21H18F3N5O2/c1-31-17-11-26-20(27-14-6-7-16-13(8-14)9-18(30)28-16)29-19(17)25-10-12-4-2-3-5-15(12)21(22,23)24/h2-8,11H,9-10H2,1H3,(H,28,30)(H2,25,26,27,29). The molecule has 0 saturated carbocycles. The predicted octanol–water partition coefficient (Wildman–Crippen LogP) is 4.35. The third-order valence-corrected chi connectivity index (χ3v) is 4.73. The summed E-state index contributed by atoms with van der Waals surface area (Å²) < 4.78 is 44.9. The lowest BCUT2D eigenvalue weighted by atomic mass is 10.1. The molecular formula is C21H18F3N5O2. The Balaban J connectivity index is 1.54. The Bertz CT molecular complexity index is 1130. The summed E-state index contributed by atoms with van der Waals surface area (Å²) in [5.41, 5.74) is 1.66. The number of methoxy groups -OCH3 is 1. The number of anilines is 4. The highest BCUT2D eigenvalue weighted by Crippen LogP contribution is 2.33. The Kier molecular flexibility index (Phi) is 5.37. The van der Waals surface area contributed by atoms with Crippen molar-refractivity contribution < 1.29 is 22.7 Å². The van der Waals surface area contributed by atoms with Crippen molar-refractivity contribution in [2.45, 2.75) is 19.1 Å². The Hall–Kier alpha value is -3.82. The van der Waals surface area contributed by atoms with Crippen LogP contribution >= 0.6 is 0 Å². The summed E-state index contributed by atoms with van der Waals surface area (Å²) in [6, 6.07) is 10.7. The van der Waals surface area contributed by atoms with Crippen LogP contribution in [0.1, 0.15) is 16.7 Å². The first-order valence-corrected chi connectivity index (χ1v) is 9.33. The third-order valence-electron chi connectivity index (χ3n) is 4.73. The Morgan fingerprint density at radius 2 is 2.00 bits per heavy atom. The van der Waals surface area contributed by atoms with E-state index in [1.54, 1.807) is 18.2 Å². The van der Waals surface area contributed by atoms with Crippen molar-refractivity contribution in [3.05, 3.63) is 65.4 Å². The molecule has 0 atom stereocenters. The SMILES string of the molecule is COc1cnc(Nc2ccc3c(c2)CC(=O)N3)nc1NCc1ccccc1C(F)(F)F. The molecule has 10 heteroatoms. The maximum atomic E-state index is 13.2. The fourth-order valence-corrected chi connectivity index (χ4v) is 3.27. The molecule has 2 heterocycles. The van der Waals surface area contributed by atoms with Gasteiger partial charge < -0.3 is 20.7 Å². The molecule has 0 spiro atoms. The number of ether oxygens (including phenoxy) is 1. The monoisotopic (exact) mass is 429 g/mol. The lowest BCUT2D eigenvalue weighted by molar-refractivity contribution is -0.138. The van der Waals surface area contributed by atoms with Crippen molar-refractivity contribution >= 4 is 29.0 Å². The number of carbonyl (C=O) groups is 1. The Morgan fingerprint density at radius 3 is 2.77 bits per heavy atom. The number of amides is 1. The second kappa shape index (κ2) is 8.13. The van der Waals surface area contributed by atoms with Crippen molar-refractivity contribution in [2.75, 3.05) is 23.1 Å². The highest BCUT2D eigenvalue weighted by molar-refractivity contribution is 5.99. The van der Waals surface area contributed by atoms with Gasteiger partial charge in [-0.05, 0) is 35.4 Å². The number of alkyl halides is 3. The second-order valence-electron chi connectivity index (χ2n) is 6.84. The van der Waals surface area contributed by atoms with E-state index >= 15 is 0 Å². The van der Waals surface area contributed by atoms with Crippen LogP contribution in [-0.4, -0.2) is 23.0 Å². The zero-order chi connectivity index (χ0) is 22.0. The lowest BCUT2D eigenvalue weighted by Gasteiger charge is -2.15. The van der Waals surface area contributed by atoms with Gasteiger partial charge in [0.15, 0.2) is 11.6 Å². The Labute approximate surface area is 175 Å². The Morgan fingerprint density at radius 1 is 1.19 bits per heavy atom. The summed E-state index contributed by atoms with van der Waals surface area (Å²) in [7, 11) is 1.42. The van der Waals surface area contributed by atoms with Gasteiger partial charge in [-0.1, -0.05) is 18.2 Å². The van der Waals surface area contributed by atoms with Gasteiger partial charge in [-0.3, -0.25) is 4.79 Å². The molecule has 4 rings (SSSR count). The highest BCUT2D eigenvalue weighted by Gasteiger charge is 2.32. The summed E-state index contributed by atoms with van der Waals surface area (Å²) in [5, 5.41) is 8.69. The van der Waals surface area contributed by atoms with Crippen LogP contribution in [0.25, 0.3) is 0 Å². The summed E-state index contributed by atoms with van der Waals surface area (Å²) in [5.74, 6) is 0.692. The van der Waals surface area contributed by atoms with Crippen molar-refractivity contribution in [3.8, 4) is 5.75 Å². The molecule has 0 radical (unpaired) electrons. The van der Waals surface area contributed by atoms with Gasteiger partial charge in [0, 0.05) is 17.9 Å². The molecule has 1 aliphatic heterocycles. The van der Waals surface area contributed by atoms with E-state index in [9.17, 15) is 18.0 Å².